The van der Waals surface area contributed by atoms with E-state index in [-0.39, 0.29) is 23.3 Å². The molecule has 9 heteroatoms. The minimum atomic E-state index is -2.90. The van der Waals surface area contributed by atoms with E-state index in [4.69, 9.17) is 4.98 Å². The number of fused-ring (bicyclic) bond motifs is 1. The van der Waals surface area contributed by atoms with Crippen molar-refractivity contribution < 1.29 is 18.3 Å². The maximum Gasteiger partial charge on any atom is 0.387 e. The molecule has 0 spiro atoms. The molecule has 1 saturated carbocycles. The van der Waals surface area contributed by atoms with Gasteiger partial charge in [-0.15, -0.1) is 0 Å². The van der Waals surface area contributed by atoms with Crippen LogP contribution in [0.1, 0.15) is 38.6 Å². The molecular formula is C23H23F2N3O3S. The van der Waals surface area contributed by atoms with E-state index in [1.807, 2.05) is 12.1 Å². The Morgan fingerprint density at radius 1 is 1.16 bits per heavy atom. The Morgan fingerprint density at radius 2 is 1.84 bits per heavy atom. The van der Waals surface area contributed by atoms with Crippen LogP contribution in [0.25, 0.3) is 10.9 Å². The standard InChI is InChI=1S/C23H23F2N3O3S/c1-14(20(29)26-15-10-12-17(13-11-15)31-22(24)25)32-23-27-19-9-5-4-8-18(19)21(30)28(23)16-6-2-3-7-16/h4-5,8-14,16,22H,2-3,6-7H2,1H3,(H,26,29). The first-order valence-electron chi connectivity index (χ1n) is 10.5. The Kier molecular flexibility index (Phi) is 6.74. The van der Waals surface area contributed by atoms with Gasteiger partial charge in [0.2, 0.25) is 5.91 Å². The van der Waals surface area contributed by atoms with Gasteiger partial charge in [0.15, 0.2) is 5.16 Å². The number of aromatic nitrogens is 2. The molecule has 1 heterocycles. The minimum Gasteiger partial charge on any atom is -0.435 e. The van der Waals surface area contributed by atoms with E-state index in [1.165, 1.54) is 36.0 Å². The summed E-state index contributed by atoms with van der Waals surface area (Å²) in [4.78, 5) is 30.7. The van der Waals surface area contributed by atoms with Crippen LogP contribution in [0.2, 0.25) is 0 Å². The van der Waals surface area contributed by atoms with E-state index in [0.29, 0.717) is 21.7 Å². The molecule has 1 aromatic heterocycles. The van der Waals surface area contributed by atoms with Crippen molar-refractivity contribution in [1.29, 1.82) is 0 Å². The molecule has 1 aliphatic carbocycles. The summed E-state index contributed by atoms with van der Waals surface area (Å²) in [5.41, 5.74) is 0.993. The van der Waals surface area contributed by atoms with Gasteiger partial charge >= 0.3 is 6.61 Å². The van der Waals surface area contributed by atoms with Crippen LogP contribution in [-0.4, -0.2) is 27.3 Å². The second-order valence-corrected chi connectivity index (χ2v) is 8.99. The molecule has 0 saturated heterocycles. The first-order chi connectivity index (χ1) is 15.4. The predicted molar refractivity (Wildman–Crippen MR) is 121 cm³/mol. The molecule has 0 bridgehead atoms. The number of carbonyl (C=O) groups is 1. The summed E-state index contributed by atoms with van der Waals surface area (Å²) in [7, 11) is 0. The molecule has 32 heavy (non-hydrogen) atoms. The summed E-state index contributed by atoms with van der Waals surface area (Å²) in [6.45, 7) is -1.16. The van der Waals surface area contributed by atoms with Crippen LogP contribution < -0.4 is 15.6 Å². The summed E-state index contributed by atoms with van der Waals surface area (Å²) in [6.07, 6.45) is 3.97. The minimum absolute atomic E-state index is 0.0152. The Labute approximate surface area is 188 Å². The van der Waals surface area contributed by atoms with Gasteiger partial charge in [0.25, 0.3) is 5.56 Å². The van der Waals surface area contributed by atoms with Gasteiger partial charge in [0.05, 0.1) is 16.2 Å². The van der Waals surface area contributed by atoms with Gasteiger partial charge in [-0.2, -0.15) is 8.78 Å². The first-order valence-corrected chi connectivity index (χ1v) is 11.3. The zero-order valence-corrected chi connectivity index (χ0v) is 18.3. The van der Waals surface area contributed by atoms with Crippen molar-refractivity contribution in [3.63, 3.8) is 0 Å². The zero-order chi connectivity index (χ0) is 22.7. The van der Waals surface area contributed by atoms with Gasteiger partial charge in [-0.1, -0.05) is 36.7 Å². The van der Waals surface area contributed by atoms with Crippen LogP contribution in [0.15, 0.2) is 58.5 Å². The summed E-state index contributed by atoms with van der Waals surface area (Å²) >= 11 is 1.24. The number of nitrogens with zero attached hydrogens (tertiary/aromatic N) is 2. The van der Waals surface area contributed by atoms with E-state index < -0.39 is 11.9 Å². The smallest absolute Gasteiger partial charge is 0.387 e. The summed E-state index contributed by atoms with van der Waals surface area (Å²) in [5, 5.41) is 3.34. The molecule has 4 rings (SSSR count). The molecule has 1 atom stereocenters. The molecular weight excluding hydrogens is 436 g/mol. The van der Waals surface area contributed by atoms with Crippen molar-refractivity contribution in [3.05, 3.63) is 58.9 Å². The van der Waals surface area contributed by atoms with Crippen LogP contribution in [0.5, 0.6) is 5.75 Å². The van der Waals surface area contributed by atoms with Gasteiger partial charge in [-0.05, 0) is 56.2 Å². The van der Waals surface area contributed by atoms with Crippen molar-refractivity contribution in [2.45, 2.75) is 55.7 Å². The van der Waals surface area contributed by atoms with Gasteiger partial charge < -0.3 is 10.1 Å². The van der Waals surface area contributed by atoms with Crippen molar-refractivity contribution in [2.75, 3.05) is 5.32 Å². The topological polar surface area (TPSA) is 73.2 Å². The van der Waals surface area contributed by atoms with Gasteiger partial charge in [-0.3, -0.25) is 14.2 Å². The number of ether oxygens (including phenoxy) is 1. The number of anilines is 1. The molecule has 1 aliphatic rings. The number of benzene rings is 2. The third-order valence-corrected chi connectivity index (χ3v) is 6.53. The number of rotatable bonds is 7. The number of amides is 1. The quantitative estimate of drug-likeness (QED) is 0.387. The summed E-state index contributed by atoms with van der Waals surface area (Å²) < 4.78 is 30.6. The lowest BCUT2D eigenvalue weighted by Crippen LogP contribution is -2.29. The van der Waals surface area contributed by atoms with Gasteiger partial charge in [0.1, 0.15) is 5.75 Å². The largest absolute Gasteiger partial charge is 0.435 e. The third-order valence-electron chi connectivity index (χ3n) is 5.46. The molecule has 0 radical (unpaired) electrons. The Balaban J connectivity index is 1.55. The number of alkyl halides is 2. The van der Waals surface area contributed by atoms with E-state index in [0.717, 1.165) is 25.7 Å². The number of nitrogens with one attached hydrogen (secondary N) is 1. The van der Waals surface area contributed by atoms with Crippen molar-refractivity contribution in [2.24, 2.45) is 0 Å². The molecule has 2 aromatic carbocycles. The van der Waals surface area contributed by atoms with Crippen molar-refractivity contribution >= 4 is 34.3 Å². The van der Waals surface area contributed by atoms with Gasteiger partial charge in [-0.25, -0.2) is 4.98 Å². The zero-order valence-electron chi connectivity index (χ0n) is 17.5. The number of para-hydroxylation sites is 1. The Hall–Kier alpha value is -2.94. The average Bonchev–Trinajstić information content (AvgIpc) is 3.29. The SMILES string of the molecule is CC(Sc1nc2ccccc2c(=O)n1C1CCCC1)C(=O)Nc1ccc(OC(F)F)cc1. The maximum atomic E-state index is 13.2. The predicted octanol–water partition coefficient (Wildman–Crippen LogP) is 5.23. The number of halogens is 2. The fourth-order valence-electron chi connectivity index (χ4n) is 3.87. The summed E-state index contributed by atoms with van der Waals surface area (Å²) in [6, 6.07) is 13.0. The van der Waals surface area contributed by atoms with E-state index in [9.17, 15) is 18.4 Å². The highest BCUT2D eigenvalue weighted by molar-refractivity contribution is 8.00. The number of thioether (sulfide) groups is 1. The first kappa shape index (κ1) is 22.3. The van der Waals surface area contributed by atoms with Crippen molar-refractivity contribution in [3.8, 4) is 5.75 Å². The average molecular weight is 460 g/mol. The summed E-state index contributed by atoms with van der Waals surface area (Å²) in [5.74, 6) is -0.265. The normalized spacial score (nSPS) is 15.2. The lowest BCUT2D eigenvalue weighted by Gasteiger charge is -2.20. The van der Waals surface area contributed by atoms with Crippen molar-refractivity contribution in [1.82, 2.24) is 9.55 Å². The van der Waals surface area contributed by atoms with Crippen LogP contribution in [0, 0.1) is 0 Å². The highest BCUT2D eigenvalue weighted by Crippen LogP contribution is 2.33. The molecule has 0 aliphatic heterocycles. The number of hydrogen-bond acceptors (Lipinski definition) is 5. The molecule has 1 amide bonds. The highest BCUT2D eigenvalue weighted by Gasteiger charge is 2.25. The number of carbonyl (C=O) groups excluding carboxylic acids is 1. The molecule has 1 unspecified atom stereocenters. The second kappa shape index (κ2) is 9.68. The maximum absolute atomic E-state index is 13.2. The number of hydrogen-bond donors (Lipinski definition) is 1. The molecule has 1 N–H and O–H groups in total. The molecule has 6 nitrogen and oxygen atoms in total. The fourth-order valence-corrected chi connectivity index (χ4v) is 4.85. The lowest BCUT2D eigenvalue weighted by molar-refractivity contribution is -0.115. The Bertz CT molecular complexity index is 1160. The van der Waals surface area contributed by atoms with Crippen LogP contribution in [-0.2, 0) is 4.79 Å². The van der Waals surface area contributed by atoms with Crippen LogP contribution >= 0.6 is 11.8 Å². The highest BCUT2D eigenvalue weighted by atomic mass is 32.2. The Morgan fingerprint density at radius 3 is 2.53 bits per heavy atom. The van der Waals surface area contributed by atoms with E-state index in [2.05, 4.69) is 10.1 Å². The van der Waals surface area contributed by atoms with E-state index in [1.54, 1.807) is 23.6 Å². The lowest BCUT2D eigenvalue weighted by atomic mass is 10.2. The van der Waals surface area contributed by atoms with Crippen LogP contribution in [0.4, 0.5) is 14.5 Å². The van der Waals surface area contributed by atoms with Gasteiger partial charge in [0, 0.05) is 11.7 Å². The molecule has 3 aromatic rings. The second-order valence-electron chi connectivity index (χ2n) is 7.68. The third kappa shape index (κ3) is 4.93. The molecule has 168 valence electrons. The van der Waals surface area contributed by atoms with Crippen LogP contribution in [0.3, 0.4) is 0 Å². The van der Waals surface area contributed by atoms with E-state index >= 15 is 0 Å². The fraction of sp³-hybridized carbons (Fsp3) is 0.348. The monoisotopic (exact) mass is 459 g/mol. The molecule has 1 fully saturated rings.